The van der Waals surface area contributed by atoms with Gasteiger partial charge in [-0.05, 0) is 36.8 Å². The van der Waals surface area contributed by atoms with Crippen molar-refractivity contribution in [2.24, 2.45) is 0 Å². The van der Waals surface area contributed by atoms with E-state index in [1.807, 2.05) is 0 Å². The Balaban J connectivity index is 2.14. The first-order valence-electron chi connectivity index (χ1n) is 6.54. The third kappa shape index (κ3) is 4.35. The summed E-state index contributed by atoms with van der Waals surface area (Å²) in [5.41, 5.74) is -0.105. The fourth-order valence-corrected chi connectivity index (χ4v) is 5.04. The van der Waals surface area contributed by atoms with Gasteiger partial charge in [-0.1, -0.05) is 18.0 Å². The van der Waals surface area contributed by atoms with E-state index in [4.69, 9.17) is 16.7 Å². The molecule has 0 bridgehead atoms. The van der Waals surface area contributed by atoms with Crippen molar-refractivity contribution < 1.29 is 18.3 Å². The predicted octanol–water partition coefficient (Wildman–Crippen LogP) is 2.60. The van der Waals surface area contributed by atoms with Gasteiger partial charge in [0, 0.05) is 11.8 Å². The van der Waals surface area contributed by atoms with E-state index in [2.05, 4.69) is 4.72 Å². The SMILES string of the molecule is O=C(O)c1ccc(Cl)c(S(=O)(=O)NCC2CCCCS2)c1. The molecule has 1 aliphatic rings. The molecule has 1 aliphatic heterocycles. The fraction of sp³-hybridized carbons (Fsp3) is 0.462. The molecule has 116 valence electrons. The van der Waals surface area contributed by atoms with Gasteiger partial charge in [-0.15, -0.1) is 0 Å². The largest absolute Gasteiger partial charge is 0.478 e. The number of benzene rings is 1. The number of nitrogens with one attached hydrogen (secondary N) is 1. The molecule has 0 spiro atoms. The number of hydrogen-bond donors (Lipinski definition) is 2. The third-order valence-corrected chi connectivity index (χ3v) is 6.55. The molecule has 2 N–H and O–H groups in total. The van der Waals surface area contributed by atoms with E-state index >= 15 is 0 Å². The number of carboxylic acid groups (broad SMARTS) is 1. The van der Waals surface area contributed by atoms with E-state index in [9.17, 15) is 13.2 Å². The molecular formula is C13H16ClNO4S2. The Morgan fingerprint density at radius 3 is 2.81 bits per heavy atom. The first-order chi connectivity index (χ1) is 9.90. The quantitative estimate of drug-likeness (QED) is 0.853. The zero-order valence-corrected chi connectivity index (χ0v) is 13.6. The summed E-state index contributed by atoms with van der Waals surface area (Å²) in [5.74, 6) is -0.146. The zero-order valence-electron chi connectivity index (χ0n) is 11.2. The average Bonchev–Trinajstić information content (AvgIpc) is 2.46. The Hall–Kier alpha value is -0.760. The van der Waals surface area contributed by atoms with Crippen molar-refractivity contribution in [3.05, 3.63) is 28.8 Å². The van der Waals surface area contributed by atoms with Gasteiger partial charge in [-0.3, -0.25) is 0 Å². The second-order valence-corrected chi connectivity index (χ2v) is 8.34. The van der Waals surface area contributed by atoms with Crippen molar-refractivity contribution in [3.63, 3.8) is 0 Å². The summed E-state index contributed by atoms with van der Waals surface area (Å²) in [7, 11) is -3.80. The molecule has 1 fully saturated rings. The molecule has 8 heteroatoms. The van der Waals surface area contributed by atoms with Gasteiger partial charge < -0.3 is 5.11 Å². The van der Waals surface area contributed by atoms with Gasteiger partial charge in [0.2, 0.25) is 10.0 Å². The van der Waals surface area contributed by atoms with Crippen LogP contribution in [0.15, 0.2) is 23.1 Å². The molecule has 0 amide bonds. The molecule has 1 aromatic rings. The van der Waals surface area contributed by atoms with Crippen LogP contribution in [0.3, 0.4) is 0 Å². The summed E-state index contributed by atoms with van der Waals surface area (Å²) in [4.78, 5) is 10.7. The monoisotopic (exact) mass is 349 g/mol. The number of hydrogen-bond acceptors (Lipinski definition) is 4. The van der Waals surface area contributed by atoms with E-state index in [0.717, 1.165) is 24.7 Å². The summed E-state index contributed by atoms with van der Waals surface area (Å²) in [6.45, 7) is 0.334. The molecule has 0 aliphatic carbocycles. The molecular weight excluding hydrogens is 334 g/mol. The van der Waals surface area contributed by atoms with E-state index in [-0.39, 0.29) is 20.7 Å². The van der Waals surface area contributed by atoms with Crippen molar-refractivity contribution in [2.45, 2.75) is 29.4 Å². The highest BCUT2D eigenvalue weighted by atomic mass is 35.5. The van der Waals surface area contributed by atoms with Crippen LogP contribution in [0.5, 0.6) is 0 Å². The van der Waals surface area contributed by atoms with Gasteiger partial charge in [0.25, 0.3) is 0 Å². The number of halogens is 1. The number of carbonyl (C=O) groups is 1. The molecule has 0 radical (unpaired) electrons. The van der Waals surface area contributed by atoms with Crippen LogP contribution < -0.4 is 4.72 Å². The summed E-state index contributed by atoms with van der Waals surface area (Å²) in [6, 6.07) is 3.65. The maximum absolute atomic E-state index is 12.3. The zero-order chi connectivity index (χ0) is 15.5. The van der Waals surface area contributed by atoms with E-state index < -0.39 is 16.0 Å². The Morgan fingerprint density at radius 1 is 1.43 bits per heavy atom. The Morgan fingerprint density at radius 2 is 2.19 bits per heavy atom. The van der Waals surface area contributed by atoms with Crippen LogP contribution in [0, 0.1) is 0 Å². The highest BCUT2D eigenvalue weighted by molar-refractivity contribution is 8.00. The molecule has 1 atom stereocenters. The number of sulfonamides is 1. The average molecular weight is 350 g/mol. The van der Waals surface area contributed by atoms with Crippen molar-refractivity contribution in [3.8, 4) is 0 Å². The lowest BCUT2D eigenvalue weighted by atomic mass is 10.2. The molecule has 21 heavy (non-hydrogen) atoms. The lowest BCUT2D eigenvalue weighted by Crippen LogP contribution is -2.32. The van der Waals surface area contributed by atoms with Crippen molar-refractivity contribution in [2.75, 3.05) is 12.3 Å². The fourth-order valence-electron chi connectivity index (χ4n) is 2.09. The van der Waals surface area contributed by atoms with E-state index in [1.54, 1.807) is 11.8 Å². The molecule has 2 rings (SSSR count). The smallest absolute Gasteiger partial charge is 0.335 e. The van der Waals surface area contributed by atoms with Gasteiger partial charge in [0.15, 0.2) is 0 Å². The van der Waals surface area contributed by atoms with Crippen molar-refractivity contribution in [1.82, 2.24) is 4.72 Å². The molecule has 0 aromatic heterocycles. The molecule has 1 heterocycles. The number of thioether (sulfide) groups is 1. The van der Waals surface area contributed by atoms with Crippen LogP contribution in [0.25, 0.3) is 0 Å². The van der Waals surface area contributed by atoms with Crippen molar-refractivity contribution in [1.29, 1.82) is 0 Å². The van der Waals surface area contributed by atoms with E-state index in [0.29, 0.717) is 6.54 Å². The van der Waals surface area contributed by atoms with Crippen LogP contribution in [-0.4, -0.2) is 37.0 Å². The second-order valence-electron chi connectivity index (χ2n) is 4.79. The Kier molecular flexibility index (Phi) is 5.54. The lowest BCUT2D eigenvalue weighted by molar-refractivity contribution is 0.0696. The first kappa shape index (κ1) is 16.6. The van der Waals surface area contributed by atoms with Gasteiger partial charge >= 0.3 is 5.97 Å². The van der Waals surface area contributed by atoms with Crippen LogP contribution in [0.2, 0.25) is 5.02 Å². The topological polar surface area (TPSA) is 83.5 Å². The summed E-state index contributed by atoms with van der Waals surface area (Å²) in [5, 5.41) is 9.21. The summed E-state index contributed by atoms with van der Waals surface area (Å²) >= 11 is 7.65. The molecule has 0 saturated carbocycles. The first-order valence-corrected chi connectivity index (χ1v) is 9.45. The number of carboxylic acids is 1. The van der Waals surface area contributed by atoms with Crippen LogP contribution in [0.4, 0.5) is 0 Å². The van der Waals surface area contributed by atoms with Crippen LogP contribution in [-0.2, 0) is 10.0 Å². The van der Waals surface area contributed by atoms with Crippen LogP contribution >= 0.6 is 23.4 Å². The predicted molar refractivity (Wildman–Crippen MR) is 83.7 cm³/mol. The third-order valence-electron chi connectivity index (χ3n) is 3.24. The van der Waals surface area contributed by atoms with Gasteiger partial charge in [-0.2, -0.15) is 11.8 Å². The molecule has 1 saturated heterocycles. The van der Waals surface area contributed by atoms with Gasteiger partial charge in [-0.25, -0.2) is 17.9 Å². The van der Waals surface area contributed by atoms with Gasteiger partial charge in [0.05, 0.1) is 10.6 Å². The molecule has 5 nitrogen and oxygen atoms in total. The maximum Gasteiger partial charge on any atom is 0.335 e. The Bertz CT molecular complexity index is 627. The minimum atomic E-state index is -3.80. The van der Waals surface area contributed by atoms with E-state index in [1.165, 1.54) is 18.6 Å². The maximum atomic E-state index is 12.3. The summed E-state index contributed by atoms with van der Waals surface area (Å²) < 4.78 is 27.1. The highest BCUT2D eigenvalue weighted by Gasteiger charge is 2.22. The van der Waals surface area contributed by atoms with Gasteiger partial charge in [0.1, 0.15) is 4.90 Å². The highest BCUT2D eigenvalue weighted by Crippen LogP contribution is 2.26. The Labute approximate surface area is 133 Å². The minimum Gasteiger partial charge on any atom is -0.478 e. The molecule has 1 unspecified atom stereocenters. The number of aromatic carboxylic acids is 1. The standard InChI is InChI=1S/C13H16ClNO4S2/c14-11-5-4-9(13(16)17)7-12(11)21(18,19)15-8-10-3-1-2-6-20-10/h4-5,7,10,15H,1-3,6,8H2,(H,16,17). The van der Waals surface area contributed by atoms with Crippen molar-refractivity contribution >= 4 is 39.4 Å². The van der Waals surface area contributed by atoms with Crippen LogP contribution in [0.1, 0.15) is 29.6 Å². The summed E-state index contributed by atoms with van der Waals surface area (Å²) in [6.07, 6.45) is 3.26. The number of rotatable bonds is 5. The second kappa shape index (κ2) is 7.00. The molecule has 1 aromatic carbocycles. The normalized spacial score (nSPS) is 19.4. The minimum absolute atomic E-state index is 0.0174. The lowest BCUT2D eigenvalue weighted by Gasteiger charge is -2.21.